The second-order valence-electron chi connectivity index (χ2n) is 5.31. The molecule has 0 aliphatic carbocycles. The van der Waals surface area contributed by atoms with Crippen molar-refractivity contribution in [1.82, 2.24) is 19.5 Å². The highest BCUT2D eigenvalue weighted by atomic mass is 32.2. The number of hydrogen-bond acceptors (Lipinski definition) is 5. The number of rotatable bonds is 3. The molecule has 132 valence electrons. The molecule has 0 fully saturated rings. The first-order valence-corrected chi connectivity index (χ1v) is 8.88. The molecule has 0 bridgehead atoms. The number of sulfone groups is 1. The fourth-order valence-electron chi connectivity index (χ4n) is 2.40. The van der Waals surface area contributed by atoms with Crippen molar-refractivity contribution in [2.75, 3.05) is 5.75 Å². The van der Waals surface area contributed by atoms with Gasteiger partial charge < -0.3 is 4.57 Å². The van der Waals surface area contributed by atoms with Crippen LogP contribution in [-0.4, -0.2) is 33.7 Å². The Morgan fingerprint density at radius 2 is 1.96 bits per heavy atom. The molecular formula is C15H13F3N4O2S. The summed E-state index contributed by atoms with van der Waals surface area (Å²) in [6.45, 7) is 1.36. The highest BCUT2D eigenvalue weighted by molar-refractivity contribution is 7.91. The second kappa shape index (κ2) is 5.80. The molecule has 10 heteroatoms. The summed E-state index contributed by atoms with van der Waals surface area (Å²) in [6, 6.07) is 3.93. The SMILES string of the molecule is CCS(=O)(=O)c1cc(C(F)(F)F)cnc1-c1nc2cccnc2n1C. The summed E-state index contributed by atoms with van der Waals surface area (Å²) in [5.41, 5.74) is -0.295. The summed E-state index contributed by atoms with van der Waals surface area (Å²) >= 11 is 0. The summed E-state index contributed by atoms with van der Waals surface area (Å²) in [5, 5.41) is 0. The lowest BCUT2D eigenvalue weighted by Gasteiger charge is -2.12. The molecule has 0 aliphatic rings. The van der Waals surface area contributed by atoms with Gasteiger partial charge in [-0.1, -0.05) is 6.92 Å². The van der Waals surface area contributed by atoms with Crippen LogP contribution in [0.1, 0.15) is 12.5 Å². The molecule has 25 heavy (non-hydrogen) atoms. The molecular weight excluding hydrogens is 357 g/mol. The number of aryl methyl sites for hydroxylation is 1. The smallest absolute Gasteiger partial charge is 0.310 e. The van der Waals surface area contributed by atoms with Gasteiger partial charge in [0.05, 0.1) is 16.2 Å². The molecule has 0 radical (unpaired) electrons. The molecule has 6 nitrogen and oxygen atoms in total. The third-order valence-corrected chi connectivity index (χ3v) is 5.48. The Balaban J connectivity index is 2.33. The van der Waals surface area contributed by atoms with E-state index in [-0.39, 0.29) is 17.3 Å². The zero-order valence-corrected chi connectivity index (χ0v) is 14.1. The highest BCUT2D eigenvalue weighted by Gasteiger charge is 2.34. The van der Waals surface area contributed by atoms with E-state index in [0.29, 0.717) is 23.4 Å². The van der Waals surface area contributed by atoms with Crippen LogP contribution >= 0.6 is 0 Å². The number of aromatic nitrogens is 4. The number of halogens is 3. The molecule has 3 heterocycles. The van der Waals surface area contributed by atoms with E-state index in [9.17, 15) is 21.6 Å². The monoisotopic (exact) mass is 370 g/mol. The van der Waals surface area contributed by atoms with E-state index in [1.165, 1.54) is 17.7 Å². The Morgan fingerprint density at radius 3 is 2.56 bits per heavy atom. The predicted molar refractivity (Wildman–Crippen MR) is 84.5 cm³/mol. The van der Waals surface area contributed by atoms with E-state index in [1.807, 2.05) is 0 Å². The second-order valence-corrected chi connectivity index (χ2v) is 7.56. The van der Waals surface area contributed by atoms with Crippen molar-refractivity contribution < 1.29 is 21.6 Å². The Hall–Kier alpha value is -2.49. The molecule has 0 spiro atoms. The van der Waals surface area contributed by atoms with Crippen molar-refractivity contribution >= 4 is 21.0 Å². The van der Waals surface area contributed by atoms with Gasteiger partial charge in [0.15, 0.2) is 21.3 Å². The van der Waals surface area contributed by atoms with Gasteiger partial charge in [-0.2, -0.15) is 13.2 Å². The van der Waals surface area contributed by atoms with Crippen molar-refractivity contribution in [3.05, 3.63) is 36.2 Å². The van der Waals surface area contributed by atoms with Gasteiger partial charge in [-0.05, 0) is 18.2 Å². The van der Waals surface area contributed by atoms with Crippen LogP contribution in [0.3, 0.4) is 0 Å². The Morgan fingerprint density at radius 1 is 1.24 bits per heavy atom. The summed E-state index contributed by atoms with van der Waals surface area (Å²) < 4.78 is 65.1. The molecule has 0 N–H and O–H groups in total. The van der Waals surface area contributed by atoms with Crippen molar-refractivity contribution in [3.8, 4) is 11.5 Å². The topological polar surface area (TPSA) is 77.7 Å². The van der Waals surface area contributed by atoms with Gasteiger partial charge in [0.25, 0.3) is 0 Å². The molecule has 0 saturated carbocycles. The van der Waals surface area contributed by atoms with E-state index in [4.69, 9.17) is 0 Å². The average Bonchev–Trinajstić information content (AvgIpc) is 2.91. The Labute approximate surface area is 141 Å². The van der Waals surface area contributed by atoms with Gasteiger partial charge in [0.1, 0.15) is 11.2 Å². The summed E-state index contributed by atoms with van der Waals surface area (Å²) in [7, 11) is -2.35. The summed E-state index contributed by atoms with van der Waals surface area (Å²) in [6.07, 6.45) is -2.55. The van der Waals surface area contributed by atoms with Gasteiger partial charge in [-0.3, -0.25) is 4.98 Å². The Bertz CT molecular complexity index is 1060. The summed E-state index contributed by atoms with van der Waals surface area (Å²) in [4.78, 5) is 11.7. The number of alkyl halides is 3. The van der Waals surface area contributed by atoms with Gasteiger partial charge >= 0.3 is 6.18 Å². The molecule has 0 aromatic carbocycles. The number of pyridine rings is 2. The van der Waals surface area contributed by atoms with Gasteiger partial charge in [0, 0.05) is 19.4 Å². The largest absolute Gasteiger partial charge is 0.417 e. The highest BCUT2D eigenvalue weighted by Crippen LogP contribution is 2.34. The van der Waals surface area contributed by atoms with Crippen LogP contribution in [0.4, 0.5) is 13.2 Å². The third-order valence-electron chi connectivity index (χ3n) is 3.73. The maximum absolute atomic E-state index is 13.0. The van der Waals surface area contributed by atoms with Crippen LogP contribution in [0.25, 0.3) is 22.7 Å². The number of fused-ring (bicyclic) bond motifs is 1. The number of hydrogen-bond donors (Lipinski definition) is 0. The van der Waals surface area contributed by atoms with Crippen LogP contribution in [0, 0.1) is 0 Å². The quantitative estimate of drug-likeness (QED) is 0.708. The molecule has 0 aliphatic heterocycles. The summed E-state index contributed by atoms with van der Waals surface area (Å²) in [5.74, 6) is -0.222. The lowest BCUT2D eigenvalue weighted by atomic mass is 10.2. The van der Waals surface area contributed by atoms with Crippen molar-refractivity contribution in [2.24, 2.45) is 7.05 Å². The minimum absolute atomic E-state index is 0.129. The first-order valence-electron chi connectivity index (χ1n) is 7.23. The standard InChI is InChI=1S/C15H13F3N4O2S/c1-3-25(23,24)11-7-9(15(16,17)18)8-20-12(11)14-21-10-5-4-6-19-13(10)22(14)2/h4-8H,3H2,1-2H3. The minimum Gasteiger partial charge on any atom is -0.310 e. The van der Waals surface area contributed by atoms with Gasteiger partial charge in [-0.15, -0.1) is 0 Å². The zero-order chi connectivity index (χ0) is 18.4. The predicted octanol–water partition coefficient (Wildman–Crippen LogP) is 2.84. The van der Waals surface area contributed by atoms with Gasteiger partial charge in [-0.25, -0.2) is 18.4 Å². The van der Waals surface area contributed by atoms with E-state index >= 15 is 0 Å². The van der Waals surface area contributed by atoms with E-state index in [0.717, 1.165) is 0 Å². The number of imidazole rings is 1. The molecule has 3 aromatic rings. The first kappa shape index (κ1) is 17.3. The maximum Gasteiger partial charge on any atom is 0.417 e. The third kappa shape index (κ3) is 2.97. The first-order chi connectivity index (χ1) is 11.6. The molecule has 0 atom stereocenters. The van der Waals surface area contributed by atoms with E-state index in [2.05, 4.69) is 15.0 Å². The van der Waals surface area contributed by atoms with Crippen LogP contribution in [0.2, 0.25) is 0 Å². The maximum atomic E-state index is 13.0. The lowest BCUT2D eigenvalue weighted by molar-refractivity contribution is -0.138. The number of nitrogens with zero attached hydrogens (tertiary/aromatic N) is 4. The van der Waals surface area contributed by atoms with Crippen molar-refractivity contribution in [2.45, 2.75) is 18.0 Å². The molecule has 0 unspecified atom stereocenters. The molecule has 0 amide bonds. The average molecular weight is 370 g/mol. The lowest BCUT2D eigenvalue weighted by Crippen LogP contribution is -2.13. The fraction of sp³-hybridized carbons (Fsp3) is 0.267. The fourth-order valence-corrected chi connectivity index (χ4v) is 3.45. The normalized spacial score (nSPS) is 12.7. The van der Waals surface area contributed by atoms with Crippen LogP contribution < -0.4 is 0 Å². The van der Waals surface area contributed by atoms with Crippen molar-refractivity contribution in [3.63, 3.8) is 0 Å². The van der Waals surface area contributed by atoms with Gasteiger partial charge in [0.2, 0.25) is 0 Å². The van der Waals surface area contributed by atoms with Crippen molar-refractivity contribution in [1.29, 1.82) is 0 Å². The Kier molecular flexibility index (Phi) is 4.02. The van der Waals surface area contributed by atoms with Crippen LogP contribution in [0.5, 0.6) is 0 Å². The minimum atomic E-state index is -4.70. The molecule has 0 saturated heterocycles. The molecule has 3 aromatic heterocycles. The van der Waals surface area contributed by atoms with E-state index < -0.39 is 26.5 Å². The van der Waals surface area contributed by atoms with Crippen LogP contribution in [0.15, 0.2) is 35.5 Å². The van der Waals surface area contributed by atoms with E-state index in [1.54, 1.807) is 19.2 Å². The molecule has 3 rings (SSSR count). The van der Waals surface area contributed by atoms with Crippen LogP contribution in [-0.2, 0) is 23.1 Å². The zero-order valence-electron chi connectivity index (χ0n) is 13.2.